The highest BCUT2D eigenvalue weighted by Crippen LogP contribution is 2.16. The molecule has 0 aliphatic carbocycles. The molecule has 2 aromatic heterocycles. The van der Waals surface area contributed by atoms with Crippen molar-refractivity contribution in [3.8, 4) is 0 Å². The molecule has 0 aromatic carbocycles. The van der Waals surface area contributed by atoms with Crippen LogP contribution in [0.1, 0.15) is 16.2 Å². The fraction of sp³-hybridized carbons (Fsp3) is 0.182. The molecule has 0 bridgehead atoms. The summed E-state index contributed by atoms with van der Waals surface area (Å²) in [6, 6.07) is 5.25. The lowest BCUT2D eigenvalue weighted by Crippen LogP contribution is -2.17. The van der Waals surface area contributed by atoms with Gasteiger partial charge in [0.25, 0.3) is 5.91 Å². The van der Waals surface area contributed by atoms with Gasteiger partial charge in [-0.05, 0) is 41.1 Å². The Morgan fingerprint density at radius 3 is 2.76 bits per heavy atom. The van der Waals surface area contributed by atoms with Crippen LogP contribution in [0.2, 0.25) is 0 Å². The Labute approximate surface area is 107 Å². The van der Waals surface area contributed by atoms with E-state index in [2.05, 4.69) is 31.3 Å². The van der Waals surface area contributed by atoms with Crippen LogP contribution in [0.4, 0.5) is 5.69 Å². The Balaban J connectivity index is 2.22. The molecule has 0 fully saturated rings. The van der Waals surface area contributed by atoms with Gasteiger partial charge in [0.05, 0.1) is 11.4 Å². The minimum absolute atomic E-state index is 0.197. The number of carbonyl (C=O) groups excluding carboxylic acids is 1. The van der Waals surface area contributed by atoms with E-state index in [1.165, 1.54) is 4.68 Å². The van der Waals surface area contributed by atoms with Crippen molar-refractivity contribution >= 4 is 27.5 Å². The van der Waals surface area contributed by atoms with Crippen LogP contribution in [0.15, 0.2) is 29.0 Å². The van der Waals surface area contributed by atoms with Gasteiger partial charge in [0.15, 0.2) is 0 Å². The van der Waals surface area contributed by atoms with Crippen LogP contribution in [-0.2, 0) is 7.05 Å². The van der Waals surface area contributed by atoms with Gasteiger partial charge in [0.2, 0.25) is 0 Å². The van der Waals surface area contributed by atoms with Crippen LogP contribution in [0, 0.1) is 6.92 Å². The Morgan fingerprint density at radius 1 is 1.41 bits per heavy atom. The first-order chi connectivity index (χ1) is 8.08. The van der Waals surface area contributed by atoms with Crippen molar-refractivity contribution in [1.82, 2.24) is 14.8 Å². The van der Waals surface area contributed by atoms with Crippen molar-refractivity contribution in [3.63, 3.8) is 0 Å². The summed E-state index contributed by atoms with van der Waals surface area (Å²) in [4.78, 5) is 16.1. The molecule has 0 spiro atoms. The largest absolute Gasteiger partial charge is 0.319 e. The predicted molar refractivity (Wildman–Crippen MR) is 67.8 cm³/mol. The molecule has 5 nitrogen and oxygen atoms in total. The molecular weight excluding hydrogens is 284 g/mol. The van der Waals surface area contributed by atoms with Crippen molar-refractivity contribution < 1.29 is 4.79 Å². The number of carbonyl (C=O) groups is 1. The lowest BCUT2D eigenvalue weighted by molar-refractivity contribution is 0.101. The number of amides is 1. The summed E-state index contributed by atoms with van der Waals surface area (Å²) in [5.74, 6) is -0.197. The average Bonchev–Trinajstić information content (AvgIpc) is 2.68. The van der Waals surface area contributed by atoms with E-state index < -0.39 is 0 Å². The van der Waals surface area contributed by atoms with Gasteiger partial charge in [-0.1, -0.05) is 0 Å². The highest BCUT2D eigenvalue weighted by atomic mass is 79.9. The van der Waals surface area contributed by atoms with Gasteiger partial charge in [-0.15, -0.1) is 0 Å². The Bertz CT molecular complexity index is 564. The summed E-state index contributed by atoms with van der Waals surface area (Å²) in [6.45, 7) is 1.84. The van der Waals surface area contributed by atoms with Crippen molar-refractivity contribution in [1.29, 1.82) is 0 Å². The average molecular weight is 295 g/mol. The number of pyridine rings is 1. The monoisotopic (exact) mass is 294 g/mol. The van der Waals surface area contributed by atoms with E-state index in [9.17, 15) is 4.79 Å². The zero-order valence-electron chi connectivity index (χ0n) is 9.44. The van der Waals surface area contributed by atoms with Crippen LogP contribution in [0.3, 0.4) is 0 Å². The third-order valence-corrected chi connectivity index (χ3v) is 2.80. The zero-order chi connectivity index (χ0) is 12.4. The van der Waals surface area contributed by atoms with Gasteiger partial charge in [-0.25, -0.2) is 4.98 Å². The molecule has 0 atom stereocenters. The molecule has 0 saturated carbocycles. The van der Waals surface area contributed by atoms with Crippen molar-refractivity contribution in [3.05, 3.63) is 40.4 Å². The van der Waals surface area contributed by atoms with E-state index >= 15 is 0 Å². The van der Waals surface area contributed by atoms with E-state index in [0.29, 0.717) is 11.4 Å². The SMILES string of the molecule is Cc1nc(Br)ccc1NC(=O)c1ccnn1C. The molecule has 1 amide bonds. The van der Waals surface area contributed by atoms with Gasteiger partial charge < -0.3 is 5.32 Å². The topological polar surface area (TPSA) is 59.8 Å². The molecule has 2 aromatic rings. The highest BCUT2D eigenvalue weighted by Gasteiger charge is 2.11. The summed E-state index contributed by atoms with van der Waals surface area (Å²) >= 11 is 3.27. The van der Waals surface area contributed by atoms with Crippen LogP contribution in [-0.4, -0.2) is 20.7 Å². The lowest BCUT2D eigenvalue weighted by atomic mass is 10.3. The third kappa shape index (κ3) is 2.52. The van der Waals surface area contributed by atoms with Crippen molar-refractivity contribution in [2.24, 2.45) is 7.05 Å². The maximum atomic E-state index is 11.9. The van der Waals surface area contributed by atoms with E-state index in [0.717, 1.165) is 10.3 Å². The minimum atomic E-state index is -0.197. The summed E-state index contributed by atoms with van der Waals surface area (Å²) in [5, 5.41) is 6.75. The standard InChI is InChI=1S/C11H11BrN4O/c1-7-8(3-4-10(12)14-7)15-11(17)9-5-6-13-16(9)2/h3-6H,1-2H3,(H,15,17). The van der Waals surface area contributed by atoms with E-state index in [-0.39, 0.29) is 5.91 Å². The molecule has 0 radical (unpaired) electrons. The zero-order valence-corrected chi connectivity index (χ0v) is 11.0. The summed E-state index contributed by atoms with van der Waals surface area (Å²) in [7, 11) is 1.72. The third-order valence-electron chi connectivity index (χ3n) is 2.35. The molecule has 1 N–H and O–H groups in total. The number of aryl methyl sites for hydroxylation is 2. The van der Waals surface area contributed by atoms with E-state index in [4.69, 9.17) is 0 Å². The van der Waals surface area contributed by atoms with Gasteiger partial charge in [0.1, 0.15) is 10.3 Å². The highest BCUT2D eigenvalue weighted by molar-refractivity contribution is 9.10. The Morgan fingerprint density at radius 2 is 2.18 bits per heavy atom. The normalized spacial score (nSPS) is 10.3. The van der Waals surface area contributed by atoms with Gasteiger partial charge in [0, 0.05) is 13.2 Å². The van der Waals surface area contributed by atoms with Crippen molar-refractivity contribution in [2.45, 2.75) is 6.92 Å². The van der Waals surface area contributed by atoms with Gasteiger partial charge in [-0.2, -0.15) is 5.10 Å². The molecule has 2 rings (SSSR count). The second-order valence-electron chi connectivity index (χ2n) is 3.56. The predicted octanol–water partition coefficient (Wildman–Crippen LogP) is 2.14. The number of rotatable bonds is 2. The fourth-order valence-electron chi connectivity index (χ4n) is 1.45. The first-order valence-electron chi connectivity index (χ1n) is 5.00. The Hall–Kier alpha value is -1.69. The molecule has 17 heavy (non-hydrogen) atoms. The Kier molecular flexibility index (Phi) is 3.23. The number of nitrogens with one attached hydrogen (secondary N) is 1. The second-order valence-corrected chi connectivity index (χ2v) is 4.37. The molecule has 2 heterocycles. The second kappa shape index (κ2) is 4.67. The van der Waals surface area contributed by atoms with E-state index in [1.54, 1.807) is 31.4 Å². The van der Waals surface area contributed by atoms with E-state index in [1.807, 2.05) is 6.92 Å². The van der Waals surface area contributed by atoms with Crippen LogP contribution in [0.5, 0.6) is 0 Å². The van der Waals surface area contributed by atoms with Crippen LogP contribution in [0.25, 0.3) is 0 Å². The number of hydrogen-bond donors (Lipinski definition) is 1. The molecule has 0 aliphatic heterocycles. The van der Waals surface area contributed by atoms with Gasteiger partial charge >= 0.3 is 0 Å². The summed E-state index contributed by atoms with van der Waals surface area (Å²) < 4.78 is 2.27. The molecule has 0 unspecified atom stereocenters. The summed E-state index contributed by atoms with van der Waals surface area (Å²) in [5.41, 5.74) is 1.96. The molecule has 88 valence electrons. The maximum Gasteiger partial charge on any atom is 0.273 e. The maximum absolute atomic E-state index is 11.9. The number of anilines is 1. The summed E-state index contributed by atoms with van der Waals surface area (Å²) in [6.07, 6.45) is 1.58. The first-order valence-corrected chi connectivity index (χ1v) is 5.80. The first kappa shape index (κ1) is 11.8. The fourth-order valence-corrected chi connectivity index (χ4v) is 1.84. The smallest absolute Gasteiger partial charge is 0.273 e. The van der Waals surface area contributed by atoms with Gasteiger partial charge in [-0.3, -0.25) is 9.48 Å². The minimum Gasteiger partial charge on any atom is -0.319 e. The van der Waals surface area contributed by atoms with Crippen LogP contribution < -0.4 is 5.32 Å². The number of hydrogen-bond acceptors (Lipinski definition) is 3. The molecule has 6 heteroatoms. The van der Waals surface area contributed by atoms with Crippen LogP contribution >= 0.6 is 15.9 Å². The van der Waals surface area contributed by atoms with Crippen molar-refractivity contribution in [2.75, 3.05) is 5.32 Å². The number of nitrogens with zero attached hydrogens (tertiary/aromatic N) is 3. The molecule has 0 aliphatic rings. The lowest BCUT2D eigenvalue weighted by Gasteiger charge is -2.07. The number of halogens is 1. The molecule has 0 saturated heterocycles. The number of aromatic nitrogens is 3. The quantitative estimate of drug-likeness (QED) is 0.863. The molecular formula is C11H11BrN4O.